The van der Waals surface area contributed by atoms with Gasteiger partial charge in [-0.05, 0) is 42.4 Å². The Bertz CT molecular complexity index is 585. The number of aliphatic carboxylic acids is 1. The van der Waals surface area contributed by atoms with E-state index >= 15 is 0 Å². The fourth-order valence-electron chi connectivity index (χ4n) is 2.74. The van der Waals surface area contributed by atoms with E-state index in [-0.39, 0.29) is 0 Å². The predicted octanol–water partition coefficient (Wildman–Crippen LogP) is 4.09. The minimum absolute atomic E-state index is 0.374. The maximum absolute atomic E-state index is 10.5. The molecule has 4 nitrogen and oxygen atoms in total. The van der Waals surface area contributed by atoms with Gasteiger partial charge in [0.25, 0.3) is 0 Å². The highest BCUT2D eigenvalue weighted by Gasteiger charge is 2.20. The standard InChI is InChI=1S/C18H23NO3/c1-12(2)14-4-6-15(7-5-14)16-8-13(3)9-17(10-16)19-22-11-18(20)21/h4-7,9,12,16H,8,10-11H2,1-3H3,(H,20,21)/b19-17-. The minimum Gasteiger partial charge on any atom is -0.479 e. The van der Waals surface area contributed by atoms with E-state index in [1.807, 2.05) is 6.08 Å². The summed E-state index contributed by atoms with van der Waals surface area (Å²) >= 11 is 0. The highest BCUT2D eigenvalue weighted by atomic mass is 16.6. The molecule has 0 bridgehead atoms. The summed E-state index contributed by atoms with van der Waals surface area (Å²) in [5.74, 6) is -0.108. The Morgan fingerprint density at radius 3 is 2.59 bits per heavy atom. The SMILES string of the molecule is CC1=C/C(=N/OCC(=O)O)CC(c2ccc(C(C)C)cc2)C1. The lowest BCUT2D eigenvalue weighted by Crippen LogP contribution is -2.13. The number of allylic oxidation sites excluding steroid dienone is 2. The quantitative estimate of drug-likeness (QED) is 0.833. The number of hydrogen-bond acceptors (Lipinski definition) is 3. The molecule has 118 valence electrons. The van der Waals surface area contributed by atoms with Gasteiger partial charge in [0.05, 0.1) is 5.71 Å². The lowest BCUT2D eigenvalue weighted by atomic mass is 9.83. The van der Waals surface area contributed by atoms with E-state index in [4.69, 9.17) is 9.94 Å². The molecule has 1 N–H and O–H groups in total. The Morgan fingerprint density at radius 1 is 1.32 bits per heavy atom. The average molecular weight is 301 g/mol. The molecule has 0 saturated heterocycles. The van der Waals surface area contributed by atoms with Gasteiger partial charge in [-0.2, -0.15) is 0 Å². The van der Waals surface area contributed by atoms with E-state index in [1.54, 1.807) is 0 Å². The van der Waals surface area contributed by atoms with Gasteiger partial charge in [-0.25, -0.2) is 4.79 Å². The predicted molar refractivity (Wildman–Crippen MR) is 87.3 cm³/mol. The van der Waals surface area contributed by atoms with Gasteiger partial charge >= 0.3 is 5.97 Å². The number of carboxylic acids is 1. The summed E-state index contributed by atoms with van der Waals surface area (Å²) in [6.07, 6.45) is 3.76. The van der Waals surface area contributed by atoms with Crippen molar-refractivity contribution in [2.45, 2.75) is 45.4 Å². The Labute approximate surface area is 131 Å². The number of rotatable bonds is 5. The maximum Gasteiger partial charge on any atom is 0.344 e. The number of nitrogens with zero attached hydrogens (tertiary/aromatic N) is 1. The van der Waals surface area contributed by atoms with Crippen LogP contribution in [0.2, 0.25) is 0 Å². The van der Waals surface area contributed by atoms with Crippen LogP contribution in [0.3, 0.4) is 0 Å². The van der Waals surface area contributed by atoms with Gasteiger partial charge < -0.3 is 9.94 Å². The summed E-state index contributed by atoms with van der Waals surface area (Å²) in [5.41, 5.74) is 4.68. The molecule has 1 unspecified atom stereocenters. The van der Waals surface area contributed by atoms with Crippen LogP contribution in [0.4, 0.5) is 0 Å². The summed E-state index contributed by atoms with van der Waals surface area (Å²) in [5, 5.41) is 12.5. The van der Waals surface area contributed by atoms with Gasteiger partial charge in [0.15, 0.2) is 0 Å². The third-order valence-electron chi connectivity index (χ3n) is 3.88. The number of carbonyl (C=O) groups is 1. The second-order valence-electron chi connectivity index (χ2n) is 6.17. The Hall–Kier alpha value is -2.10. The first-order valence-electron chi connectivity index (χ1n) is 7.63. The highest BCUT2D eigenvalue weighted by molar-refractivity contribution is 5.96. The van der Waals surface area contributed by atoms with Crippen LogP contribution in [0.15, 0.2) is 41.1 Å². The molecule has 1 aromatic rings. The second-order valence-corrected chi connectivity index (χ2v) is 6.17. The molecular formula is C18H23NO3. The zero-order valence-electron chi connectivity index (χ0n) is 13.4. The number of benzene rings is 1. The summed E-state index contributed by atoms with van der Waals surface area (Å²) in [7, 11) is 0. The third-order valence-corrected chi connectivity index (χ3v) is 3.88. The molecule has 1 aliphatic carbocycles. The zero-order valence-corrected chi connectivity index (χ0v) is 13.4. The van der Waals surface area contributed by atoms with E-state index in [9.17, 15) is 4.79 Å². The first-order chi connectivity index (χ1) is 10.5. The van der Waals surface area contributed by atoms with Gasteiger partial charge in [-0.3, -0.25) is 0 Å². The van der Waals surface area contributed by atoms with E-state index in [0.717, 1.165) is 18.6 Å². The van der Waals surface area contributed by atoms with Crippen LogP contribution < -0.4 is 0 Å². The summed E-state index contributed by atoms with van der Waals surface area (Å²) in [6.45, 7) is 6.05. The van der Waals surface area contributed by atoms with Crippen LogP contribution in [0.5, 0.6) is 0 Å². The van der Waals surface area contributed by atoms with Crippen LogP contribution in [-0.4, -0.2) is 23.4 Å². The molecule has 0 fully saturated rings. The lowest BCUT2D eigenvalue weighted by Gasteiger charge is -2.23. The van der Waals surface area contributed by atoms with Gasteiger partial charge in [0, 0.05) is 6.42 Å². The molecule has 1 aromatic carbocycles. The second kappa shape index (κ2) is 7.25. The van der Waals surface area contributed by atoms with Gasteiger partial charge in [0.2, 0.25) is 6.61 Å². The van der Waals surface area contributed by atoms with Gasteiger partial charge in [-0.1, -0.05) is 48.8 Å². The summed E-state index contributed by atoms with van der Waals surface area (Å²) in [4.78, 5) is 15.3. The Balaban J connectivity index is 2.09. The van der Waals surface area contributed by atoms with Crippen molar-refractivity contribution in [3.05, 3.63) is 47.0 Å². The van der Waals surface area contributed by atoms with Crippen LogP contribution in [0.1, 0.15) is 56.6 Å². The van der Waals surface area contributed by atoms with Crippen molar-refractivity contribution < 1.29 is 14.7 Å². The van der Waals surface area contributed by atoms with Crippen molar-refractivity contribution in [3.63, 3.8) is 0 Å². The summed E-state index contributed by atoms with van der Waals surface area (Å²) in [6, 6.07) is 8.75. The van der Waals surface area contributed by atoms with E-state index in [2.05, 4.69) is 50.2 Å². The topological polar surface area (TPSA) is 58.9 Å². The van der Waals surface area contributed by atoms with Crippen LogP contribution >= 0.6 is 0 Å². The molecule has 4 heteroatoms. The first kappa shape index (κ1) is 16.3. The average Bonchev–Trinajstić information content (AvgIpc) is 2.46. The smallest absolute Gasteiger partial charge is 0.344 e. The molecule has 22 heavy (non-hydrogen) atoms. The monoisotopic (exact) mass is 301 g/mol. The number of oxime groups is 1. The maximum atomic E-state index is 10.5. The van der Waals surface area contributed by atoms with Crippen molar-refractivity contribution in [2.75, 3.05) is 6.61 Å². The van der Waals surface area contributed by atoms with Crippen molar-refractivity contribution in [3.8, 4) is 0 Å². The van der Waals surface area contributed by atoms with Gasteiger partial charge in [0.1, 0.15) is 0 Å². The molecule has 1 aliphatic rings. The number of hydrogen-bond donors (Lipinski definition) is 1. The minimum atomic E-state index is -1.01. The molecule has 0 saturated carbocycles. The first-order valence-corrected chi connectivity index (χ1v) is 7.63. The Kier molecular flexibility index (Phi) is 5.36. The van der Waals surface area contributed by atoms with E-state index < -0.39 is 12.6 Å². The molecule has 0 aromatic heterocycles. The number of carboxylic acid groups (broad SMARTS) is 1. The normalized spacial score (nSPS) is 20.1. The summed E-state index contributed by atoms with van der Waals surface area (Å²) < 4.78 is 0. The highest BCUT2D eigenvalue weighted by Crippen LogP contribution is 2.32. The van der Waals surface area contributed by atoms with Crippen molar-refractivity contribution in [1.82, 2.24) is 0 Å². The van der Waals surface area contributed by atoms with E-state index in [0.29, 0.717) is 11.8 Å². The van der Waals surface area contributed by atoms with Crippen molar-refractivity contribution in [1.29, 1.82) is 0 Å². The molecule has 0 amide bonds. The molecule has 0 aliphatic heterocycles. The van der Waals surface area contributed by atoms with Crippen molar-refractivity contribution in [2.24, 2.45) is 5.16 Å². The molecule has 0 heterocycles. The fourth-order valence-corrected chi connectivity index (χ4v) is 2.74. The van der Waals surface area contributed by atoms with Crippen LogP contribution in [0, 0.1) is 0 Å². The van der Waals surface area contributed by atoms with E-state index in [1.165, 1.54) is 16.7 Å². The fraction of sp³-hybridized carbons (Fsp3) is 0.444. The third kappa shape index (κ3) is 4.45. The van der Waals surface area contributed by atoms with Crippen LogP contribution in [-0.2, 0) is 9.63 Å². The Morgan fingerprint density at radius 2 is 2.00 bits per heavy atom. The van der Waals surface area contributed by atoms with Gasteiger partial charge in [-0.15, -0.1) is 0 Å². The molecular weight excluding hydrogens is 278 g/mol. The van der Waals surface area contributed by atoms with Crippen LogP contribution in [0.25, 0.3) is 0 Å². The molecule has 2 rings (SSSR count). The molecule has 0 spiro atoms. The van der Waals surface area contributed by atoms with Crippen molar-refractivity contribution >= 4 is 11.7 Å². The lowest BCUT2D eigenvalue weighted by molar-refractivity contribution is -0.142. The zero-order chi connectivity index (χ0) is 16.1. The molecule has 0 radical (unpaired) electrons. The largest absolute Gasteiger partial charge is 0.479 e. The molecule has 1 atom stereocenters.